The van der Waals surface area contributed by atoms with Crippen LogP contribution in [0.15, 0.2) is 48.9 Å². The van der Waals surface area contributed by atoms with Gasteiger partial charge in [0, 0.05) is 29.9 Å². The molecule has 1 fully saturated rings. The molecular weight excluding hydrogens is 380 g/mol. The summed E-state index contributed by atoms with van der Waals surface area (Å²) in [5.74, 6) is -0.557. The molecule has 30 heavy (non-hydrogen) atoms. The molecule has 0 spiro atoms. The van der Waals surface area contributed by atoms with E-state index in [1.165, 1.54) is 0 Å². The van der Waals surface area contributed by atoms with Crippen molar-refractivity contribution in [3.63, 3.8) is 0 Å². The lowest BCUT2D eigenvalue weighted by molar-refractivity contribution is -0.128. The van der Waals surface area contributed by atoms with Crippen molar-refractivity contribution >= 4 is 16.8 Å². The fourth-order valence-corrected chi connectivity index (χ4v) is 4.14. The summed E-state index contributed by atoms with van der Waals surface area (Å²) >= 11 is 0. The fourth-order valence-electron chi connectivity index (χ4n) is 4.14. The number of amides is 1. The molecular formula is C21H18N8O. The Kier molecular flexibility index (Phi) is 4.06. The lowest BCUT2D eigenvalue weighted by Crippen LogP contribution is -2.50. The summed E-state index contributed by atoms with van der Waals surface area (Å²) in [6.45, 7) is 0. The van der Waals surface area contributed by atoms with Crippen LogP contribution >= 0.6 is 0 Å². The normalized spacial score (nSPS) is 20.6. The number of nitrogens with one attached hydrogen (secondary N) is 1. The van der Waals surface area contributed by atoms with Gasteiger partial charge < -0.3 is 5.73 Å². The Morgan fingerprint density at radius 1 is 1.30 bits per heavy atom. The standard InChI is InChI=1S/C21H18N8O/c22-6-5-21(11-13(12-21)20(23)30)29-9-4-16(28-29)19-14-2-1-7-24-17(14)10-18(26-19)15-3-8-25-27-15/h1-4,7-10,13H,5,11-12H2,(H2,23,30)(H,25,27)/t13-,21+. The van der Waals surface area contributed by atoms with Gasteiger partial charge in [0.05, 0.1) is 29.2 Å². The largest absolute Gasteiger partial charge is 0.369 e. The van der Waals surface area contributed by atoms with Crippen molar-refractivity contribution in [2.45, 2.75) is 24.8 Å². The first-order chi connectivity index (χ1) is 14.6. The van der Waals surface area contributed by atoms with Crippen molar-refractivity contribution in [2.75, 3.05) is 0 Å². The Labute approximate surface area is 171 Å². The Bertz CT molecular complexity index is 1280. The first-order valence-corrected chi connectivity index (χ1v) is 9.58. The number of fused-ring (bicyclic) bond motifs is 1. The van der Waals surface area contributed by atoms with Gasteiger partial charge in [-0.1, -0.05) is 0 Å². The zero-order valence-corrected chi connectivity index (χ0v) is 16.0. The number of aromatic amines is 1. The molecule has 4 aromatic rings. The molecule has 0 aromatic carbocycles. The third-order valence-electron chi connectivity index (χ3n) is 5.74. The Balaban J connectivity index is 1.60. The molecule has 5 rings (SSSR count). The summed E-state index contributed by atoms with van der Waals surface area (Å²) in [5.41, 5.74) is 8.48. The summed E-state index contributed by atoms with van der Waals surface area (Å²) in [6.07, 6.45) is 6.61. The van der Waals surface area contributed by atoms with E-state index < -0.39 is 5.54 Å². The minimum Gasteiger partial charge on any atom is -0.369 e. The fraction of sp³-hybridized carbons (Fsp3) is 0.238. The molecule has 4 heterocycles. The van der Waals surface area contributed by atoms with Crippen molar-refractivity contribution in [3.05, 3.63) is 48.9 Å². The van der Waals surface area contributed by atoms with Gasteiger partial charge in [-0.2, -0.15) is 15.5 Å². The predicted molar refractivity (Wildman–Crippen MR) is 108 cm³/mol. The van der Waals surface area contributed by atoms with Crippen molar-refractivity contribution in [1.29, 1.82) is 5.26 Å². The molecule has 0 bridgehead atoms. The monoisotopic (exact) mass is 398 g/mol. The Hall–Kier alpha value is -4.06. The van der Waals surface area contributed by atoms with E-state index in [2.05, 4.69) is 21.3 Å². The molecule has 0 unspecified atom stereocenters. The molecule has 0 saturated heterocycles. The number of carbonyl (C=O) groups is 1. The molecule has 4 aromatic heterocycles. The van der Waals surface area contributed by atoms with Crippen LogP contribution in [0.3, 0.4) is 0 Å². The molecule has 0 atom stereocenters. The van der Waals surface area contributed by atoms with Crippen LogP contribution < -0.4 is 5.73 Å². The summed E-state index contributed by atoms with van der Waals surface area (Å²) in [7, 11) is 0. The van der Waals surface area contributed by atoms with Crippen molar-refractivity contribution in [1.82, 2.24) is 29.9 Å². The van der Waals surface area contributed by atoms with E-state index in [-0.39, 0.29) is 18.2 Å². The maximum absolute atomic E-state index is 11.5. The number of nitriles is 1. The SMILES string of the molecule is N#CC[C@]1(n2ccc(-c3nc(-c4cc[nH]n4)cc4ncccc34)n2)C[C@@H](C(N)=O)C1. The second-order valence-corrected chi connectivity index (χ2v) is 7.60. The molecule has 9 nitrogen and oxygen atoms in total. The van der Waals surface area contributed by atoms with Crippen molar-refractivity contribution in [3.8, 4) is 28.8 Å². The highest BCUT2D eigenvalue weighted by atomic mass is 16.1. The minimum absolute atomic E-state index is 0.225. The number of H-pyrrole nitrogens is 1. The number of nitrogens with zero attached hydrogens (tertiary/aromatic N) is 6. The summed E-state index contributed by atoms with van der Waals surface area (Å²) in [6, 6.07) is 11.7. The third kappa shape index (κ3) is 2.81. The van der Waals surface area contributed by atoms with Gasteiger partial charge in [-0.25, -0.2) is 4.98 Å². The Morgan fingerprint density at radius 2 is 2.17 bits per heavy atom. The second-order valence-electron chi connectivity index (χ2n) is 7.60. The maximum Gasteiger partial charge on any atom is 0.220 e. The average molecular weight is 398 g/mol. The van der Waals surface area contributed by atoms with Gasteiger partial charge in [-0.3, -0.25) is 19.6 Å². The van der Waals surface area contributed by atoms with Crippen LogP contribution in [-0.4, -0.2) is 35.9 Å². The topological polar surface area (TPSA) is 139 Å². The third-order valence-corrected chi connectivity index (χ3v) is 5.74. The van der Waals surface area contributed by atoms with Gasteiger partial charge in [0.2, 0.25) is 5.91 Å². The zero-order chi connectivity index (χ0) is 20.7. The van der Waals surface area contributed by atoms with Crippen LogP contribution in [-0.2, 0) is 10.3 Å². The van der Waals surface area contributed by atoms with Crippen molar-refractivity contribution in [2.24, 2.45) is 11.7 Å². The maximum atomic E-state index is 11.5. The highest BCUT2D eigenvalue weighted by molar-refractivity contribution is 5.93. The number of hydrogen-bond acceptors (Lipinski definition) is 6. The van der Waals surface area contributed by atoms with Gasteiger partial charge in [-0.15, -0.1) is 0 Å². The number of primary amides is 1. The van der Waals surface area contributed by atoms with E-state index in [1.54, 1.807) is 17.1 Å². The average Bonchev–Trinajstić information content (AvgIpc) is 3.41. The molecule has 1 aliphatic rings. The first-order valence-electron chi connectivity index (χ1n) is 9.58. The quantitative estimate of drug-likeness (QED) is 0.529. The van der Waals surface area contributed by atoms with E-state index >= 15 is 0 Å². The highest BCUT2D eigenvalue weighted by Crippen LogP contribution is 2.46. The van der Waals surface area contributed by atoms with Crippen LogP contribution in [0.1, 0.15) is 19.3 Å². The van der Waals surface area contributed by atoms with Crippen LogP contribution in [0.5, 0.6) is 0 Å². The van der Waals surface area contributed by atoms with E-state index in [9.17, 15) is 10.1 Å². The smallest absolute Gasteiger partial charge is 0.220 e. The summed E-state index contributed by atoms with van der Waals surface area (Å²) < 4.78 is 1.79. The predicted octanol–water partition coefficient (Wildman–Crippen LogP) is 2.39. The molecule has 1 saturated carbocycles. The minimum atomic E-state index is -0.513. The van der Waals surface area contributed by atoms with E-state index in [4.69, 9.17) is 15.8 Å². The molecule has 3 N–H and O–H groups in total. The number of carbonyl (C=O) groups excluding carboxylic acids is 1. The molecule has 0 radical (unpaired) electrons. The number of hydrogen-bond donors (Lipinski definition) is 2. The van der Waals surface area contributed by atoms with Crippen LogP contribution in [0.4, 0.5) is 0 Å². The van der Waals surface area contributed by atoms with Crippen LogP contribution in [0.2, 0.25) is 0 Å². The van der Waals surface area contributed by atoms with Crippen LogP contribution in [0, 0.1) is 17.2 Å². The van der Waals surface area contributed by atoms with Gasteiger partial charge >= 0.3 is 0 Å². The Morgan fingerprint density at radius 3 is 2.90 bits per heavy atom. The highest BCUT2D eigenvalue weighted by Gasteiger charge is 2.48. The number of aromatic nitrogens is 6. The number of rotatable bonds is 5. The van der Waals surface area contributed by atoms with Crippen molar-refractivity contribution < 1.29 is 4.79 Å². The molecule has 148 valence electrons. The molecule has 1 amide bonds. The second kappa shape index (κ2) is 6.77. The molecule has 9 heteroatoms. The first kappa shape index (κ1) is 18.0. The summed E-state index contributed by atoms with van der Waals surface area (Å²) in [5, 5.41) is 22.0. The van der Waals surface area contributed by atoms with E-state index in [1.807, 2.05) is 36.5 Å². The molecule has 1 aliphatic carbocycles. The molecule has 0 aliphatic heterocycles. The number of pyridine rings is 2. The zero-order valence-electron chi connectivity index (χ0n) is 16.0. The van der Waals surface area contributed by atoms with E-state index in [0.717, 1.165) is 10.9 Å². The van der Waals surface area contributed by atoms with Gasteiger partial charge in [-0.05, 0) is 43.2 Å². The van der Waals surface area contributed by atoms with Gasteiger partial charge in [0.15, 0.2) is 0 Å². The van der Waals surface area contributed by atoms with Crippen LogP contribution in [0.25, 0.3) is 33.7 Å². The lowest BCUT2D eigenvalue weighted by Gasteiger charge is -2.45. The lowest BCUT2D eigenvalue weighted by atomic mass is 9.66. The van der Waals surface area contributed by atoms with Gasteiger partial charge in [0.25, 0.3) is 0 Å². The number of nitrogens with two attached hydrogens (primary N) is 1. The van der Waals surface area contributed by atoms with E-state index in [0.29, 0.717) is 35.6 Å². The summed E-state index contributed by atoms with van der Waals surface area (Å²) in [4.78, 5) is 20.8. The van der Waals surface area contributed by atoms with Gasteiger partial charge in [0.1, 0.15) is 17.1 Å².